The van der Waals surface area contributed by atoms with Crippen molar-refractivity contribution >= 4 is 12.3 Å². The van der Waals surface area contributed by atoms with E-state index in [-0.39, 0.29) is 6.85 Å². The molecule has 0 saturated heterocycles. The quantitative estimate of drug-likeness (QED) is 0.612. The Labute approximate surface area is 77.7 Å². The molecule has 1 aromatic carbocycles. The third-order valence-corrected chi connectivity index (χ3v) is 2.04. The van der Waals surface area contributed by atoms with Crippen molar-refractivity contribution in [1.82, 2.24) is 5.23 Å². The van der Waals surface area contributed by atoms with Crippen LogP contribution in [0.25, 0.3) is 0 Å². The summed E-state index contributed by atoms with van der Waals surface area (Å²) >= 11 is 0. The van der Waals surface area contributed by atoms with E-state index in [0.29, 0.717) is 5.75 Å². The first kappa shape index (κ1) is 7.99. The van der Waals surface area contributed by atoms with E-state index < -0.39 is 0 Å². The molecule has 0 aromatic heterocycles. The normalized spacial score (nSPS) is 14.3. The number of hydrogen-bond acceptors (Lipinski definition) is 2. The highest BCUT2D eigenvalue weighted by atomic mass is 16.3. The number of allylic oxidation sites excluding steroid dienone is 2. The van der Waals surface area contributed by atoms with E-state index in [1.807, 2.05) is 30.5 Å². The Morgan fingerprint density at radius 1 is 1.08 bits per heavy atom. The lowest BCUT2D eigenvalue weighted by atomic mass is 9.55. The Hall–Kier alpha value is -1.64. The van der Waals surface area contributed by atoms with Gasteiger partial charge in [-0.25, -0.2) is 0 Å². The number of phenolic OH excluding ortho intramolecular Hbond substituents is 1. The summed E-state index contributed by atoms with van der Waals surface area (Å²) in [6.45, 7) is 0.227. The number of hydrogen-bond donors (Lipinski definition) is 2. The summed E-state index contributed by atoms with van der Waals surface area (Å²) < 4.78 is 0. The highest BCUT2D eigenvalue weighted by molar-refractivity contribution is 6.76. The van der Waals surface area contributed by atoms with Crippen LogP contribution < -0.4 is 10.7 Å². The predicted molar refractivity (Wildman–Crippen MR) is 54.9 cm³/mol. The maximum atomic E-state index is 9.10. The zero-order chi connectivity index (χ0) is 9.10. The molecule has 0 atom stereocenters. The molecular formula is C10H10BNO. The molecule has 2 N–H and O–H groups in total. The van der Waals surface area contributed by atoms with Crippen LogP contribution in [0.15, 0.2) is 48.6 Å². The van der Waals surface area contributed by atoms with Gasteiger partial charge in [0.1, 0.15) is 5.75 Å². The van der Waals surface area contributed by atoms with Gasteiger partial charge in [0.25, 0.3) is 0 Å². The SMILES string of the molecule is Oc1ccc(B2C=CC=CN2)cc1. The van der Waals surface area contributed by atoms with E-state index in [9.17, 15) is 0 Å². The Morgan fingerprint density at radius 3 is 2.46 bits per heavy atom. The van der Waals surface area contributed by atoms with Crippen molar-refractivity contribution in [3.8, 4) is 5.75 Å². The second-order valence-electron chi connectivity index (χ2n) is 2.98. The van der Waals surface area contributed by atoms with Gasteiger partial charge in [0.05, 0.1) is 0 Å². The average molecular weight is 171 g/mol. The zero-order valence-electron chi connectivity index (χ0n) is 7.14. The second kappa shape index (κ2) is 3.39. The molecule has 13 heavy (non-hydrogen) atoms. The van der Waals surface area contributed by atoms with Gasteiger partial charge in [-0.2, -0.15) is 0 Å². The minimum atomic E-state index is 0.227. The predicted octanol–water partition coefficient (Wildman–Crippen LogP) is 0.803. The van der Waals surface area contributed by atoms with Crippen LogP contribution >= 0.6 is 0 Å². The van der Waals surface area contributed by atoms with E-state index >= 15 is 0 Å². The third-order valence-electron chi connectivity index (χ3n) is 2.04. The minimum absolute atomic E-state index is 0.227. The van der Waals surface area contributed by atoms with Crippen LogP contribution in [0.1, 0.15) is 0 Å². The van der Waals surface area contributed by atoms with Crippen LogP contribution in [-0.4, -0.2) is 12.0 Å². The summed E-state index contributed by atoms with van der Waals surface area (Å²) in [5.41, 5.74) is 1.15. The molecule has 0 aliphatic carbocycles. The van der Waals surface area contributed by atoms with Crippen molar-refractivity contribution in [2.45, 2.75) is 0 Å². The summed E-state index contributed by atoms with van der Waals surface area (Å²) in [4.78, 5) is 0. The molecule has 0 spiro atoms. The van der Waals surface area contributed by atoms with Crippen molar-refractivity contribution < 1.29 is 5.11 Å². The highest BCUT2D eigenvalue weighted by Gasteiger charge is 2.12. The number of nitrogens with one attached hydrogen (secondary N) is 1. The number of phenols is 1. The molecule has 0 saturated carbocycles. The summed E-state index contributed by atoms with van der Waals surface area (Å²) in [5.74, 6) is 2.38. The maximum absolute atomic E-state index is 9.10. The number of aromatic hydroxyl groups is 1. The van der Waals surface area contributed by atoms with Crippen LogP contribution in [0.4, 0.5) is 0 Å². The van der Waals surface area contributed by atoms with Crippen LogP contribution in [0, 0.1) is 0 Å². The zero-order valence-corrected chi connectivity index (χ0v) is 7.14. The van der Waals surface area contributed by atoms with Gasteiger partial charge >= 0.3 is 6.85 Å². The van der Waals surface area contributed by atoms with Crippen molar-refractivity contribution in [2.75, 3.05) is 0 Å². The lowest BCUT2D eigenvalue weighted by Crippen LogP contribution is -2.41. The Morgan fingerprint density at radius 2 is 1.85 bits per heavy atom. The average Bonchev–Trinajstić information content (AvgIpc) is 2.20. The molecular weight excluding hydrogens is 161 g/mol. The molecule has 0 fully saturated rings. The fourth-order valence-electron chi connectivity index (χ4n) is 1.33. The maximum Gasteiger partial charge on any atom is 0.312 e. The van der Waals surface area contributed by atoms with Crippen molar-refractivity contribution in [3.63, 3.8) is 0 Å². The van der Waals surface area contributed by atoms with Gasteiger partial charge in [-0.05, 0) is 24.4 Å². The van der Waals surface area contributed by atoms with Gasteiger partial charge in [0, 0.05) is 0 Å². The van der Waals surface area contributed by atoms with Crippen LogP contribution in [0.5, 0.6) is 5.75 Å². The van der Waals surface area contributed by atoms with E-state index in [1.54, 1.807) is 12.1 Å². The number of rotatable bonds is 1. The first-order valence-corrected chi connectivity index (χ1v) is 4.24. The molecule has 3 heteroatoms. The monoisotopic (exact) mass is 171 g/mol. The lowest BCUT2D eigenvalue weighted by molar-refractivity contribution is 0.475. The van der Waals surface area contributed by atoms with E-state index in [2.05, 4.69) is 11.2 Å². The largest absolute Gasteiger partial charge is 0.508 e. The molecule has 0 amide bonds. The Balaban J connectivity index is 2.21. The molecule has 64 valence electrons. The Bertz CT molecular complexity index is 342. The highest BCUT2D eigenvalue weighted by Crippen LogP contribution is 2.04. The first-order chi connectivity index (χ1) is 6.36. The van der Waals surface area contributed by atoms with E-state index in [0.717, 1.165) is 5.46 Å². The fraction of sp³-hybridized carbons (Fsp3) is 0. The van der Waals surface area contributed by atoms with Crippen LogP contribution in [-0.2, 0) is 0 Å². The van der Waals surface area contributed by atoms with Crippen molar-refractivity contribution in [2.24, 2.45) is 0 Å². The summed E-state index contributed by atoms with van der Waals surface area (Å²) in [5, 5.41) is 12.3. The van der Waals surface area contributed by atoms with Gasteiger partial charge in [-0.15, -0.1) is 0 Å². The molecule has 0 bridgehead atoms. The van der Waals surface area contributed by atoms with E-state index in [1.165, 1.54) is 0 Å². The first-order valence-electron chi connectivity index (χ1n) is 4.24. The summed E-state index contributed by atoms with van der Waals surface area (Å²) in [6.07, 6.45) is 5.88. The molecule has 2 nitrogen and oxygen atoms in total. The standard InChI is InChI=1S/C10H10BNO/c13-10-5-3-9(4-6-10)11-7-1-2-8-12-11/h1-8,12-13H. The van der Waals surface area contributed by atoms with Gasteiger partial charge in [0.15, 0.2) is 0 Å². The van der Waals surface area contributed by atoms with Crippen LogP contribution in [0.2, 0.25) is 0 Å². The topological polar surface area (TPSA) is 32.3 Å². The van der Waals surface area contributed by atoms with Gasteiger partial charge in [-0.1, -0.05) is 29.6 Å². The van der Waals surface area contributed by atoms with Gasteiger partial charge < -0.3 is 10.3 Å². The molecule has 1 aliphatic rings. The molecule has 1 aliphatic heterocycles. The molecule has 2 rings (SSSR count). The molecule has 0 unspecified atom stereocenters. The summed E-state index contributed by atoms with van der Waals surface area (Å²) in [6, 6.07) is 7.22. The molecule has 1 heterocycles. The van der Waals surface area contributed by atoms with E-state index in [4.69, 9.17) is 5.11 Å². The second-order valence-corrected chi connectivity index (χ2v) is 2.98. The minimum Gasteiger partial charge on any atom is -0.508 e. The summed E-state index contributed by atoms with van der Waals surface area (Å²) in [7, 11) is 0. The number of benzene rings is 1. The molecule has 1 aromatic rings. The molecule has 0 radical (unpaired) electrons. The lowest BCUT2D eigenvalue weighted by Gasteiger charge is -2.11. The van der Waals surface area contributed by atoms with Gasteiger partial charge in [-0.3, -0.25) is 0 Å². The fourth-order valence-corrected chi connectivity index (χ4v) is 1.33. The Kier molecular flexibility index (Phi) is 2.09. The van der Waals surface area contributed by atoms with Gasteiger partial charge in [0.2, 0.25) is 0 Å². The third kappa shape index (κ3) is 1.75. The smallest absolute Gasteiger partial charge is 0.312 e. The van der Waals surface area contributed by atoms with Crippen molar-refractivity contribution in [3.05, 3.63) is 48.6 Å². The van der Waals surface area contributed by atoms with Crippen molar-refractivity contribution in [1.29, 1.82) is 0 Å². The van der Waals surface area contributed by atoms with Crippen LogP contribution in [0.3, 0.4) is 0 Å².